The lowest BCUT2D eigenvalue weighted by Gasteiger charge is -2.42. The van der Waals surface area contributed by atoms with Gasteiger partial charge in [-0.3, -0.25) is 9.80 Å². The third-order valence-electron chi connectivity index (χ3n) is 4.10. The molecule has 0 amide bonds. The molecule has 18 heavy (non-hydrogen) atoms. The van der Waals surface area contributed by atoms with Gasteiger partial charge in [0, 0.05) is 48.0 Å². The van der Waals surface area contributed by atoms with Gasteiger partial charge in [0.2, 0.25) is 0 Å². The van der Waals surface area contributed by atoms with Crippen molar-refractivity contribution in [2.75, 3.05) is 20.1 Å². The van der Waals surface area contributed by atoms with Gasteiger partial charge in [-0.05, 0) is 39.4 Å². The molecule has 1 aliphatic rings. The van der Waals surface area contributed by atoms with Crippen LogP contribution in [0.25, 0.3) is 0 Å². The molecule has 0 radical (unpaired) electrons. The SMILES string of the molecule is Cc1sc(CN)cc1CN1CC(C)N(C)C(C)C1. The quantitative estimate of drug-likeness (QED) is 0.909. The van der Waals surface area contributed by atoms with Gasteiger partial charge in [0.15, 0.2) is 0 Å². The molecule has 2 unspecified atom stereocenters. The van der Waals surface area contributed by atoms with E-state index in [1.807, 2.05) is 11.3 Å². The number of aryl methyl sites for hydroxylation is 1. The zero-order valence-electron chi connectivity index (χ0n) is 11.9. The highest BCUT2D eigenvalue weighted by molar-refractivity contribution is 7.12. The molecule has 0 aliphatic carbocycles. The minimum Gasteiger partial charge on any atom is -0.326 e. The first kappa shape index (κ1) is 14.0. The van der Waals surface area contributed by atoms with Crippen LogP contribution in [0.4, 0.5) is 0 Å². The predicted molar refractivity (Wildman–Crippen MR) is 78.9 cm³/mol. The lowest BCUT2D eigenvalue weighted by molar-refractivity contribution is 0.0556. The van der Waals surface area contributed by atoms with E-state index in [-0.39, 0.29) is 0 Å². The van der Waals surface area contributed by atoms with E-state index in [1.165, 1.54) is 15.3 Å². The van der Waals surface area contributed by atoms with Gasteiger partial charge in [-0.2, -0.15) is 0 Å². The Bertz CT molecular complexity index is 390. The molecule has 2 rings (SSSR count). The van der Waals surface area contributed by atoms with Crippen LogP contribution in [0.15, 0.2) is 6.07 Å². The average Bonchev–Trinajstić information content (AvgIpc) is 2.67. The summed E-state index contributed by atoms with van der Waals surface area (Å²) in [4.78, 5) is 7.78. The van der Waals surface area contributed by atoms with E-state index in [0.717, 1.165) is 19.6 Å². The minimum atomic E-state index is 0.640. The summed E-state index contributed by atoms with van der Waals surface area (Å²) in [6.07, 6.45) is 0. The van der Waals surface area contributed by atoms with Crippen LogP contribution in [0.3, 0.4) is 0 Å². The Labute approximate surface area is 115 Å². The number of thiophene rings is 1. The first-order valence-corrected chi connectivity index (χ1v) is 7.55. The Balaban J connectivity index is 2.03. The average molecular weight is 267 g/mol. The first-order valence-electron chi connectivity index (χ1n) is 6.73. The highest BCUT2D eigenvalue weighted by Crippen LogP contribution is 2.24. The summed E-state index contributed by atoms with van der Waals surface area (Å²) in [5.74, 6) is 0. The van der Waals surface area contributed by atoms with Crippen LogP contribution in [0.1, 0.15) is 29.2 Å². The number of hydrogen-bond donors (Lipinski definition) is 1. The summed E-state index contributed by atoms with van der Waals surface area (Å²) < 4.78 is 0. The second-order valence-corrected chi connectivity index (χ2v) is 6.90. The minimum absolute atomic E-state index is 0.640. The number of piperazine rings is 1. The van der Waals surface area contributed by atoms with Crippen molar-refractivity contribution in [3.63, 3.8) is 0 Å². The molecule has 1 aliphatic heterocycles. The van der Waals surface area contributed by atoms with Crippen LogP contribution < -0.4 is 5.73 Å². The zero-order valence-corrected chi connectivity index (χ0v) is 12.8. The largest absolute Gasteiger partial charge is 0.326 e. The fourth-order valence-corrected chi connectivity index (χ4v) is 3.66. The Morgan fingerprint density at radius 1 is 1.33 bits per heavy atom. The molecule has 1 aromatic heterocycles. The molecule has 1 fully saturated rings. The molecule has 0 aromatic carbocycles. The van der Waals surface area contributed by atoms with Crippen molar-refractivity contribution in [2.45, 2.75) is 45.9 Å². The van der Waals surface area contributed by atoms with Crippen molar-refractivity contribution in [1.29, 1.82) is 0 Å². The van der Waals surface area contributed by atoms with Crippen molar-refractivity contribution >= 4 is 11.3 Å². The molecule has 3 nitrogen and oxygen atoms in total. The van der Waals surface area contributed by atoms with Crippen LogP contribution in [-0.4, -0.2) is 42.0 Å². The molecule has 2 N–H and O–H groups in total. The molecular weight excluding hydrogens is 242 g/mol. The molecule has 2 heterocycles. The number of rotatable bonds is 3. The number of nitrogens with zero attached hydrogens (tertiary/aromatic N) is 2. The van der Waals surface area contributed by atoms with Gasteiger partial charge >= 0.3 is 0 Å². The molecule has 0 saturated carbocycles. The van der Waals surface area contributed by atoms with E-state index in [9.17, 15) is 0 Å². The van der Waals surface area contributed by atoms with Gasteiger partial charge in [-0.1, -0.05) is 0 Å². The maximum absolute atomic E-state index is 5.72. The standard InChI is InChI=1S/C14H25N3S/c1-10-7-17(8-11(2)16(10)4)9-13-5-14(6-15)18-12(13)3/h5,10-11H,6-9,15H2,1-4H3. The summed E-state index contributed by atoms with van der Waals surface area (Å²) in [6.45, 7) is 10.9. The maximum atomic E-state index is 5.72. The molecule has 0 spiro atoms. The molecule has 2 atom stereocenters. The molecule has 102 valence electrons. The smallest absolute Gasteiger partial charge is 0.0274 e. The second-order valence-electron chi connectivity index (χ2n) is 5.56. The lowest BCUT2D eigenvalue weighted by Crippen LogP contribution is -2.54. The Hall–Kier alpha value is -0.420. The zero-order chi connectivity index (χ0) is 13.3. The van der Waals surface area contributed by atoms with E-state index < -0.39 is 0 Å². The monoisotopic (exact) mass is 267 g/mol. The highest BCUT2D eigenvalue weighted by Gasteiger charge is 2.26. The van der Waals surface area contributed by atoms with Crippen LogP contribution >= 0.6 is 11.3 Å². The van der Waals surface area contributed by atoms with Gasteiger partial charge in [0.05, 0.1) is 0 Å². The maximum Gasteiger partial charge on any atom is 0.0274 e. The Morgan fingerprint density at radius 3 is 2.44 bits per heavy atom. The number of likely N-dealkylation sites (N-methyl/N-ethyl adjacent to an activating group) is 1. The Morgan fingerprint density at radius 2 is 1.94 bits per heavy atom. The summed E-state index contributed by atoms with van der Waals surface area (Å²) in [7, 11) is 2.23. The molecule has 4 heteroatoms. The van der Waals surface area contributed by atoms with E-state index in [1.54, 1.807) is 0 Å². The number of nitrogens with two attached hydrogens (primary N) is 1. The van der Waals surface area contributed by atoms with Crippen LogP contribution in [0, 0.1) is 6.92 Å². The van der Waals surface area contributed by atoms with Crippen molar-refractivity contribution in [2.24, 2.45) is 5.73 Å². The molecule has 0 bridgehead atoms. The van der Waals surface area contributed by atoms with Gasteiger partial charge in [-0.25, -0.2) is 0 Å². The van der Waals surface area contributed by atoms with E-state index in [0.29, 0.717) is 18.6 Å². The van der Waals surface area contributed by atoms with Gasteiger partial charge in [0.1, 0.15) is 0 Å². The highest BCUT2D eigenvalue weighted by atomic mass is 32.1. The van der Waals surface area contributed by atoms with E-state index in [4.69, 9.17) is 5.73 Å². The third-order valence-corrected chi connectivity index (χ3v) is 5.22. The fourth-order valence-electron chi connectivity index (χ4n) is 2.73. The lowest BCUT2D eigenvalue weighted by atomic mass is 10.1. The third kappa shape index (κ3) is 2.94. The van der Waals surface area contributed by atoms with Crippen molar-refractivity contribution in [1.82, 2.24) is 9.80 Å². The summed E-state index contributed by atoms with van der Waals surface area (Å²) in [6, 6.07) is 3.57. The molecule has 1 saturated heterocycles. The molecule has 1 aromatic rings. The summed E-state index contributed by atoms with van der Waals surface area (Å²) >= 11 is 1.84. The summed E-state index contributed by atoms with van der Waals surface area (Å²) in [5.41, 5.74) is 7.18. The van der Waals surface area contributed by atoms with Crippen molar-refractivity contribution < 1.29 is 0 Å². The molecular formula is C14H25N3S. The normalized spacial score (nSPS) is 26.7. The van der Waals surface area contributed by atoms with E-state index >= 15 is 0 Å². The second kappa shape index (κ2) is 5.70. The fraction of sp³-hybridized carbons (Fsp3) is 0.714. The van der Waals surface area contributed by atoms with Gasteiger partial charge in [0.25, 0.3) is 0 Å². The van der Waals surface area contributed by atoms with Crippen molar-refractivity contribution in [3.05, 3.63) is 21.4 Å². The topological polar surface area (TPSA) is 32.5 Å². The van der Waals surface area contributed by atoms with Crippen molar-refractivity contribution in [3.8, 4) is 0 Å². The van der Waals surface area contributed by atoms with Crippen LogP contribution in [-0.2, 0) is 13.1 Å². The first-order chi connectivity index (χ1) is 8.51. The van der Waals surface area contributed by atoms with Gasteiger partial charge in [-0.15, -0.1) is 11.3 Å². The van der Waals surface area contributed by atoms with Crippen LogP contribution in [0.5, 0.6) is 0 Å². The van der Waals surface area contributed by atoms with Gasteiger partial charge < -0.3 is 5.73 Å². The predicted octanol–water partition coefficient (Wildman–Crippen LogP) is 2.04. The summed E-state index contributed by atoms with van der Waals surface area (Å²) in [5, 5.41) is 0. The van der Waals surface area contributed by atoms with E-state index in [2.05, 4.69) is 43.7 Å². The van der Waals surface area contributed by atoms with Crippen LogP contribution in [0.2, 0.25) is 0 Å². The number of hydrogen-bond acceptors (Lipinski definition) is 4. The Kier molecular flexibility index (Phi) is 4.43.